The van der Waals surface area contributed by atoms with Crippen LogP contribution in [0.5, 0.6) is 0 Å². The summed E-state index contributed by atoms with van der Waals surface area (Å²) in [7, 11) is 0. The van der Waals surface area contributed by atoms with Gasteiger partial charge >= 0.3 is 5.97 Å². The van der Waals surface area contributed by atoms with Crippen LogP contribution in [0.3, 0.4) is 0 Å². The van der Waals surface area contributed by atoms with Crippen molar-refractivity contribution in [3.63, 3.8) is 0 Å². The minimum Gasteiger partial charge on any atom is -0.481 e. The van der Waals surface area contributed by atoms with E-state index in [1.165, 1.54) is 23.1 Å². The van der Waals surface area contributed by atoms with E-state index in [4.69, 9.17) is 0 Å². The number of hydrogen-bond donors (Lipinski definition) is 1. The lowest BCUT2D eigenvalue weighted by atomic mass is 9.47. The summed E-state index contributed by atoms with van der Waals surface area (Å²) in [6.45, 7) is 10.5. The van der Waals surface area contributed by atoms with Crippen molar-refractivity contribution >= 4 is 5.97 Å². The predicted molar refractivity (Wildman–Crippen MR) is 89.5 cm³/mol. The molecule has 120 valence electrons. The SMILES string of the molecule is C=C(C)C1=CC2=CC[C@H]3[C@](C)(CCC[C@@]3(C)C(=O)O)[C@@H]2CC1. The fourth-order valence-corrected chi connectivity index (χ4v) is 5.46. The van der Waals surface area contributed by atoms with Crippen molar-refractivity contribution in [2.45, 2.75) is 59.3 Å². The zero-order valence-electron chi connectivity index (χ0n) is 14.1. The van der Waals surface area contributed by atoms with E-state index in [9.17, 15) is 9.90 Å². The molecule has 2 nitrogen and oxygen atoms in total. The zero-order chi connectivity index (χ0) is 16.1. The summed E-state index contributed by atoms with van der Waals surface area (Å²) in [6.07, 6.45) is 10.8. The number of hydrogen-bond acceptors (Lipinski definition) is 1. The maximum Gasteiger partial charge on any atom is 0.309 e. The van der Waals surface area contributed by atoms with Gasteiger partial charge in [-0.1, -0.05) is 37.6 Å². The third kappa shape index (κ3) is 2.11. The highest BCUT2D eigenvalue weighted by molar-refractivity contribution is 5.75. The number of carboxylic acids is 1. The number of carboxylic acid groups (broad SMARTS) is 1. The van der Waals surface area contributed by atoms with Crippen molar-refractivity contribution in [3.05, 3.63) is 35.5 Å². The first-order valence-corrected chi connectivity index (χ1v) is 8.59. The first kappa shape index (κ1) is 15.6. The van der Waals surface area contributed by atoms with Gasteiger partial charge in [-0.05, 0) is 74.3 Å². The van der Waals surface area contributed by atoms with Gasteiger partial charge in [-0.3, -0.25) is 4.79 Å². The molecule has 0 amide bonds. The van der Waals surface area contributed by atoms with Crippen LogP contribution in [0.15, 0.2) is 35.5 Å². The lowest BCUT2D eigenvalue weighted by Crippen LogP contribution is -2.52. The van der Waals surface area contributed by atoms with E-state index in [0.29, 0.717) is 5.92 Å². The van der Waals surface area contributed by atoms with Crippen molar-refractivity contribution in [2.24, 2.45) is 22.7 Å². The Morgan fingerprint density at radius 2 is 2.09 bits per heavy atom. The van der Waals surface area contributed by atoms with Gasteiger partial charge in [0, 0.05) is 0 Å². The minimum absolute atomic E-state index is 0.132. The van der Waals surface area contributed by atoms with Crippen molar-refractivity contribution in [3.8, 4) is 0 Å². The Kier molecular flexibility index (Phi) is 3.62. The molecule has 22 heavy (non-hydrogen) atoms. The molecular weight excluding hydrogens is 272 g/mol. The van der Waals surface area contributed by atoms with Crippen molar-refractivity contribution in [2.75, 3.05) is 0 Å². The number of allylic oxidation sites excluding steroid dienone is 5. The zero-order valence-corrected chi connectivity index (χ0v) is 14.1. The van der Waals surface area contributed by atoms with E-state index in [-0.39, 0.29) is 11.3 Å². The van der Waals surface area contributed by atoms with E-state index in [1.807, 2.05) is 6.92 Å². The second kappa shape index (κ2) is 5.11. The predicted octanol–water partition coefficient (Wildman–Crippen LogP) is 5.13. The average molecular weight is 300 g/mol. The standard InChI is InChI=1S/C20H28O2/c1-13(2)14-6-8-16-15(12-14)7-9-17-19(16,3)10-5-11-20(17,4)18(21)22/h7,12,16-17H,1,5-6,8-11H2,2-4H3,(H,21,22)/t16-,17+,19-,20-/m1/s1. The molecule has 0 heterocycles. The number of carbonyl (C=O) groups is 1. The quantitative estimate of drug-likeness (QED) is 0.768. The molecule has 0 aromatic rings. The van der Waals surface area contributed by atoms with E-state index >= 15 is 0 Å². The van der Waals surface area contributed by atoms with Gasteiger partial charge < -0.3 is 5.11 Å². The number of aliphatic carboxylic acids is 1. The monoisotopic (exact) mass is 300 g/mol. The summed E-state index contributed by atoms with van der Waals surface area (Å²) in [5.41, 5.74) is 3.56. The van der Waals surface area contributed by atoms with Crippen LogP contribution in [-0.4, -0.2) is 11.1 Å². The molecule has 0 unspecified atom stereocenters. The third-order valence-corrected chi connectivity index (χ3v) is 6.84. The summed E-state index contributed by atoms with van der Waals surface area (Å²) in [6, 6.07) is 0. The maximum atomic E-state index is 11.9. The topological polar surface area (TPSA) is 37.3 Å². The van der Waals surface area contributed by atoms with E-state index in [1.54, 1.807) is 0 Å². The van der Waals surface area contributed by atoms with E-state index in [0.717, 1.165) is 32.1 Å². The molecule has 0 radical (unpaired) electrons. The Bertz CT molecular complexity index is 583. The van der Waals surface area contributed by atoms with Crippen LogP contribution in [0.2, 0.25) is 0 Å². The second-order valence-corrected chi connectivity index (χ2v) is 8.12. The van der Waals surface area contributed by atoms with Gasteiger partial charge in [0.15, 0.2) is 0 Å². The summed E-state index contributed by atoms with van der Waals surface area (Å²) in [4.78, 5) is 11.9. The molecule has 0 aromatic carbocycles. The largest absolute Gasteiger partial charge is 0.481 e. The molecule has 1 N–H and O–H groups in total. The molecule has 4 atom stereocenters. The van der Waals surface area contributed by atoms with Crippen LogP contribution in [0.4, 0.5) is 0 Å². The first-order chi connectivity index (χ1) is 10.3. The molecule has 0 bridgehead atoms. The van der Waals surface area contributed by atoms with E-state index in [2.05, 4.69) is 32.6 Å². The minimum atomic E-state index is -0.603. The fourth-order valence-electron chi connectivity index (χ4n) is 5.46. The van der Waals surface area contributed by atoms with Crippen LogP contribution in [0.1, 0.15) is 59.3 Å². The van der Waals surface area contributed by atoms with Crippen LogP contribution < -0.4 is 0 Å². The van der Waals surface area contributed by atoms with Gasteiger partial charge in [0.1, 0.15) is 0 Å². The Balaban J connectivity index is 2.02. The first-order valence-electron chi connectivity index (χ1n) is 8.59. The molecule has 0 saturated heterocycles. The maximum absolute atomic E-state index is 11.9. The van der Waals surface area contributed by atoms with Gasteiger partial charge in [-0.15, -0.1) is 0 Å². The summed E-state index contributed by atoms with van der Waals surface area (Å²) in [5.74, 6) is 0.183. The highest BCUT2D eigenvalue weighted by Gasteiger charge is 2.57. The highest BCUT2D eigenvalue weighted by atomic mass is 16.4. The van der Waals surface area contributed by atoms with Crippen molar-refractivity contribution in [1.29, 1.82) is 0 Å². The second-order valence-electron chi connectivity index (χ2n) is 8.12. The van der Waals surface area contributed by atoms with Gasteiger partial charge in [0.2, 0.25) is 0 Å². The smallest absolute Gasteiger partial charge is 0.309 e. The van der Waals surface area contributed by atoms with Gasteiger partial charge in [-0.2, -0.15) is 0 Å². The van der Waals surface area contributed by atoms with Gasteiger partial charge in [-0.25, -0.2) is 0 Å². The molecule has 0 aromatic heterocycles. The van der Waals surface area contributed by atoms with E-state index < -0.39 is 11.4 Å². The van der Waals surface area contributed by atoms with Crippen molar-refractivity contribution in [1.82, 2.24) is 0 Å². The third-order valence-electron chi connectivity index (χ3n) is 6.84. The molecule has 3 aliphatic rings. The Labute approximate surface area is 134 Å². The molecule has 1 fully saturated rings. The molecule has 2 heteroatoms. The molecular formula is C20H28O2. The summed E-state index contributed by atoms with van der Waals surface area (Å²) < 4.78 is 0. The summed E-state index contributed by atoms with van der Waals surface area (Å²) in [5, 5.41) is 9.82. The Hall–Kier alpha value is -1.31. The number of fused-ring (bicyclic) bond motifs is 3. The Morgan fingerprint density at radius 3 is 2.73 bits per heavy atom. The van der Waals surface area contributed by atoms with Crippen LogP contribution in [0, 0.1) is 22.7 Å². The van der Waals surface area contributed by atoms with Crippen LogP contribution >= 0.6 is 0 Å². The molecule has 0 aliphatic heterocycles. The molecule has 3 aliphatic carbocycles. The van der Waals surface area contributed by atoms with Gasteiger partial charge in [0.25, 0.3) is 0 Å². The highest BCUT2D eigenvalue weighted by Crippen LogP contribution is 2.62. The summed E-state index contributed by atoms with van der Waals surface area (Å²) >= 11 is 0. The van der Waals surface area contributed by atoms with Gasteiger partial charge in [0.05, 0.1) is 5.41 Å². The Morgan fingerprint density at radius 1 is 1.36 bits per heavy atom. The normalized spacial score (nSPS) is 40.9. The molecule has 3 rings (SSSR count). The molecule has 0 spiro atoms. The fraction of sp³-hybridized carbons (Fsp3) is 0.650. The average Bonchev–Trinajstić information content (AvgIpc) is 2.46. The van der Waals surface area contributed by atoms with Crippen LogP contribution in [-0.2, 0) is 4.79 Å². The van der Waals surface area contributed by atoms with Crippen molar-refractivity contribution < 1.29 is 9.90 Å². The van der Waals surface area contributed by atoms with Crippen LogP contribution in [0.25, 0.3) is 0 Å². The molecule has 1 saturated carbocycles. The lowest BCUT2D eigenvalue weighted by Gasteiger charge is -2.57. The lowest BCUT2D eigenvalue weighted by molar-refractivity contribution is -0.162. The number of rotatable bonds is 2.